The zero-order valence-corrected chi connectivity index (χ0v) is 13.3. The number of hydrogen-bond acceptors (Lipinski definition) is 3. The largest absolute Gasteiger partial charge is 0.371 e. The van der Waals surface area contributed by atoms with Gasteiger partial charge in [-0.25, -0.2) is 0 Å². The van der Waals surface area contributed by atoms with Gasteiger partial charge in [-0.1, -0.05) is 24.3 Å². The van der Waals surface area contributed by atoms with Gasteiger partial charge >= 0.3 is 0 Å². The van der Waals surface area contributed by atoms with Crippen LogP contribution in [0.25, 0.3) is 0 Å². The Morgan fingerprint density at radius 2 is 2.26 bits per heavy atom. The highest BCUT2D eigenvalue weighted by Gasteiger charge is 2.25. The van der Waals surface area contributed by atoms with E-state index in [4.69, 9.17) is 10.00 Å². The van der Waals surface area contributed by atoms with Crippen LogP contribution in [0.1, 0.15) is 33.3 Å². The molecule has 0 unspecified atom stereocenters. The summed E-state index contributed by atoms with van der Waals surface area (Å²) >= 11 is 0. The van der Waals surface area contributed by atoms with Crippen LogP contribution in [-0.4, -0.2) is 35.6 Å². The van der Waals surface area contributed by atoms with Crippen molar-refractivity contribution in [1.29, 1.82) is 5.26 Å². The number of nitrogens with zero attached hydrogens (tertiary/aromatic N) is 3. The maximum absolute atomic E-state index is 12.6. The number of benzene rings is 1. The molecule has 5 nitrogen and oxygen atoms in total. The molecule has 1 aliphatic rings. The normalized spacial score (nSPS) is 16.5. The van der Waals surface area contributed by atoms with Crippen molar-refractivity contribution in [2.45, 2.75) is 12.5 Å². The third-order valence-electron chi connectivity index (χ3n) is 4.23. The van der Waals surface area contributed by atoms with Crippen LogP contribution in [0.5, 0.6) is 0 Å². The number of hydrogen-bond donors (Lipinski definition) is 0. The van der Waals surface area contributed by atoms with Crippen LogP contribution < -0.4 is 0 Å². The molecule has 2 aromatic rings. The fourth-order valence-corrected chi connectivity index (χ4v) is 2.99. The van der Waals surface area contributed by atoms with Gasteiger partial charge in [0.05, 0.1) is 18.7 Å². The van der Waals surface area contributed by atoms with Gasteiger partial charge in [-0.15, -0.1) is 0 Å². The van der Waals surface area contributed by atoms with Crippen LogP contribution in [0, 0.1) is 11.3 Å². The molecule has 1 atom stereocenters. The van der Waals surface area contributed by atoms with E-state index in [9.17, 15) is 4.79 Å². The van der Waals surface area contributed by atoms with Crippen molar-refractivity contribution in [3.05, 3.63) is 58.9 Å². The van der Waals surface area contributed by atoms with Crippen LogP contribution in [0.4, 0.5) is 0 Å². The van der Waals surface area contributed by atoms with Crippen molar-refractivity contribution in [3.8, 4) is 6.07 Å². The van der Waals surface area contributed by atoms with E-state index in [1.165, 1.54) is 5.56 Å². The molecule has 1 amide bonds. The summed E-state index contributed by atoms with van der Waals surface area (Å²) in [4.78, 5) is 14.3. The van der Waals surface area contributed by atoms with E-state index < -0.39 is 0 Å². The lowest BCUT2D eigenvalue weighted by Gasteiger charge is -2.29. The molecule has 2 heterocycles. The van der Waals surface area contributed by atoms with Crippen molar-refractivity contribution in [1.82, 2.24) is 9.47 Å². The number of carbonyl (C=O) groups is 1. The average molecular weight is 309 g/mol. The average Bonchev–Trinajstić information content (AvgIpc) is 2.95. The van der Waals surface area contributed by atoms with Gasteiger partial charge in [0.1, 0.15) is 17.9 Å². The van der Waals surface area contributed by atoms with Crippen LogP contribution in [0.2, 0.25) is 0 Å². The molecule has 3 rings (SSSR count). The van der Waals surface area contributed by atoms with Gasteiger partial charge in [0.2, 0.25) is 0 Å². The molecule has 0 aliphatic carbocycles. The minimum atomic E-state index is -0.111. The monoisotopic (exact) mass is 309 g/mol. The van der Waals surface area contributed by atoms with Gasteiger partial charge in [-0.05, 0) is 23.6 Å². The number of rotatable bonds is 3. The topological polar surface area (TPSA) is 58.3 Å². The van der Waals surface area contributed by atoms with Crippen molar-refractivity contribution >= 4 is 5.91 Å². The molecule has 5 heteroatoms. The van der Waals surface area contributed by atoms with E-state index in [1.807, 2.05) is 12.1 Å². The Morgan fingerprint density at radius 3 is 3.00 bits per heavy atom. The van der Waals surface area contributed by atoms with Crippen molar-refractivity contribution in [2.75, 3.05) is 20.2 Å². The first kappa shape index (κ1) is 15.3. The predicted octanol–water partition coefficient (Wildman–Crippen LogP) is 2.28. The third-order valence-corrected chi connectivity index (χ3v) is 4.23. The van der Waals surface area contributed by atoms with E-state index in [1.54, 1.807) is 35.8 Å². The second-order valence-corrected chi connectivity index (χ2v) is 5.83. The Morgan fingerprint density at radius 1 is 1.48 bits per heavy atom. The molecule has 0 saturated carbocycles. The van der Waals surface area contributed by atoms with Crippen LogP contribution >= 0.6 is 0 Å². The molecular weight excluding hydrogens is 290 g/mol. The maximum Gasteiger partial charge on any atom is 0.270 e. The first-order valence-corrected chi connectivity index (χ1v) is 7.61. The number of ether oxygens (including phenoxy) is 1. The molecule has 0 N–H and O–H groups in total. The van der Waals surface area contributed by atoms with E-state index in [-0.39, 0.29) is 12.0 Å². The molecule has 0 fully saturated rings. The first-order valence-electron chi connectivity index (χ1n) is 7.61. The number of carbonyl (C=O) groups excluding carboxylic acids is 1. The third kappa shape index (κ3) is 2.99. The minimum absolute atomic E-state index is 0.107. The summed E-state index contributed by atoms with van der Waals surface area (Å²) in [7, 11) is 3.54. The van der Waals surface area contributed by atoms with Gasteiger partial charge in [-0.3, -0.25) is 4.79 Å². The lowest BCUT2D eigenvalue weighted by molar-refractivity contribution is 0.0197. The van der Waals surface area contributed by atoms with Gasteiger partial charge < -0.3 is 14.2 Å². The van der Waals surface area contributed by atoms with Gasteiger partial charge in [0, 0.05) is 20.3 Å². The smallest absolute Gasteiger partial charge is 0.270 e. The molecule has 23 heavy (non-hydrogen) atoms. The lowest BCUT2D eigenvalue weighted by Crippen LogP contribution is -2.34. The number of amides is 1. The zero-order valence-electron chi connectivity index (χ0n) is 13.3. The summed E-state index contributed by atoms with van der Waals surface area (Å²) < 4.78 is 7.55. The van der Waals surface area contributed by atoms with Crippen LogP contribution in [-0.2, 0) is 18.2 Å². The SMILES string of the molecule is CN(C[C@H]1OCCc2ccccc21)C(=O)c1cc(C#N)cn1C. The summed E-state index contributed by atoms with van der Waals surface area (Å²) in [5, 5.41) is 8.96. The van der Waals surface area contributed by atoms with Gasteiger partial charge in [0.25, 0.3) is 5.91 Å². The molecular formula is C18H19N3O2. The Labute approximate surface area is 135 Å². The summed E-state index contributed by atoms with van der Waals surface area (Å²) in [6.07, 6.45) is 2.46. The number of aromatic nitrogens is 1. The summed E-state index contributed by atoms with van der Waals surface area (Å²) in [6.45, 7) is 1.16. The van der Waals surface area contributed by atoms with Crippen molar-refractivity contribution < 1.29 is 9.53 Å². The van der Waals surface area contributed by atoms with E-state index in [0.717, 1.165) is 12.0 Å². The highest BCUT2D eigenvalue weighted by Crippen LogP contribution is 2.27. The van der Waals surface area contributed by atoms with E-state index in [2.05, 4.69) is 18.2 Å². The molecule has 118 valence electrons. The Balaban J connectivity index is 1.77. The Hall–Kier alpha value is -2.58. The molecule has 1 aromatic heterocycles. The highest BCUT2D eigenvalue weighted by molar-refractivity contribution is 5.93. The fourth-order valence-electron chi connectivity index (χ4n) is 2.99. The van der Waals surface area contributed by atoms with Crippen LogP contribution in [0.3, 0.4) is 0 Å². The number of aryl methyl sites for hydroxylation is 1. The van der Waals surface area contributed by atoms with E-state index >= 15 is 0 Å². The molecule has 1 aliphatic heterocycles. The van der Waals surface area contributed by atoms with Gasteiger partial charge in [-0.2, -0.15) is 5.26 Å². The highest BCUT2D eigenvalue weighted by atomic mass is 16.5. The summed E-state index contributed by atoms with van der Waals surface area (Å²) in [5.41, 5.74) is 3.44. The summed E-state index contributed by atoms with van der Waals surface area (Å²) in [5.74, 6) is -0.111. The second kappa shape index (κ2) is 6.27. The first-order chi connectivity index (χ1) is 11.1. The Bertz CT molecular complexity index is 773. The predicted molar refractivity (Wildman–Crippen MR) is 85.9 cm³/mol. The van der Waals surface area contributed by atoms with Crippen molar-refractivity contribution in [2.24, 2.45) is 7.05 Å². The minimum Gasteiger partial charge on any atom is -0.371 e. The van der Waals surface area contributed by atoms with Crippen LogP contribution in [0.15, 0.2) is 36.5 Å². The molecule has 0 bridgehead atoms. The maximum atomic E-state index is 12.6. The number of fused-ring (bicyclic) bond motifs is 1. The zero-order chi connectivity index (χ0) is 16.4. The van der Waals surface area contributed by atoms with Crippen molar-refractivity contribution in [3.63, 3.8) is 0 Å². The van der Waals surface area contributed by atoms with Gasteiger partial charge in [0.15, 0.2) is 0 Å². The molecule has 0 saturated heterocycles. The standard InChI is InChI=1S/C18H19N3O2/c1-20-11-13(10-19)9-16(20)18(22)21(2)12-17-15-6-4-3-5-14(15)7-8-23-17/h3-6,9,11,17H,7-8,12H2,1-2H3/t17-/m1/s1. The summed E-state index contributed by atoms with van der Waals surface area (Å²) in [6, 6.07) is 11.9. The second-order valence-electron chi connectivity index (χ2n) is 5.83. The lowest BCUT2D eigenvalue weighted by atomic mass is 9.97. The quantitative estimate of drug-likeness (QED) is 0.874. The molecule has 0 spiro atoms. The Kier molecular flexibility index (Phi) is 4.18. The number of likely N-dealkylation sites (N-methyl/N-ethyl adjacent to an activating group) is 1. The molecule has 0 radical (unpaired) electrons. The number of nitriles is 1. The fraction of sp³-hybridized carbons (Fsp3) is 0.333. The molecule has 1 aromatic carbocycles. The van der Waals surface area contributed by atoms with E-state index in [0.29, 0.717) is 24.4 Å².